The predicted octanol–water partition coefficient (Wildman–Crippen LogP) is 2.51. The third-order valence-electron chi connectivity index (χ3n) is 1.58. The quantitative estimate of drug-likeness (QED) is 0.527. The minimum absolute atomic E-state index is 0.260. The fourth-order valence-electron chi connectivity index (χ4n) is 0.876. The van der Waals surface area contributed by atoms with Crippen LogP contribution in [0.15, 0.2) is 24.3 Å². The lowest BCUT2D eigenvalue weighted by Crippen LogP contribution is -1.97. The van der Waals surface area contributed by atoms with Gasteiger partial charge in [-0.1, -0.05) is 29.8 Å². The standard InChI is InChI=1S/C10H13NO/c1-8-3-5-10(6-4-8)7-12-9(2)11/h3-6,11H,7H2,1-2H3. The van der Waals surface area contributed by atoms with E-state index in [0.29, 0.717) is 6.61 Å². The summed E-state index contributed by atoms with van der Waals surface area (Å²) in [6.07, 6.45) is 0. The molecule has 0 amide bonds. The summed E-state index contributed by atoms with van der Waals surface area (Å²) in [5, 5.41) is 7.06. The van der Waals surface area contributed by atoms with Crippen LogP contribution >= 0.6 is 0 Å². The Balaban J connectivity index is 2.53. The molecule has 64 valence electrons. The molecule has 0 aromatic heterocycles. The maximum Gasteiger partial charge on any atom is 0.177 e. The fourth-order valence-corrected chi connectivity index (χ4v) is 0.876. The van der Waals surface area contributed by atoms with Crippen LogP contribution in [0.3, 0.4) is 0 Å². The molecule has 0 atom stereocenters. The number of hydrogen-bond donors (Lipinski definition) is 1. The Bertz CT molecular complexity index is 264. The van der Waals surface area contributed by atoms with Crippen LogP contribution in [0.5, 0.6) is 0 Å². The normalized spacial score (nSPS) is 9.50. The van der Waals surface area contributed by atoms with Gasteiger partial charge in [0.15, 0.2) is 5.90 Å². The van der Waals surface area contributed by atoms with E-state index in [-0.39, 0.29) is 5.90 Å². The van der Waals surface area contributed by atoms with Gasteiger partial charge < -0.3 is 4.74 Å². The summed E-state index contributed by atoms with van der Waals surface area (Å²) in [4.78, 5) is 0. The first-order chi connectivity index (χ1) is 5.68. The van der Waals surface area contributed by atoms with E-state index in [2.05, 4.69) is 0 Å². The molecule has 2 heteroatoms. The molecule has 0 unspecified atom stereocenters. The lowest BCUT2D eigenvalue weighted by molar-refractivity contribution is 0.287. The second kappa shape index (κ2) is 3.90. The molecule has 0 bridgehead atoms. The van der Waals surface area contributed by atoms with Crippen LogP contribution in [0.2, 0.25) is 0 Å². The van der Waals surface area contributed by atoms with Gasteiger partial charge in [-0.2, -0.15) is 0 Å². The highest BCUT2D eigenvalue weighted by Crippen LogP contribution is 2.04. The molecule has 0 spiro atoms. The van der Waals surface area contributed by atoms with E-state index in [0.717, 1.165) is 5.56 Å². The van der Waals surface area contributed by atoms with Gasteiger partial charge in [-0.05, 0) is 12.5 Å². The molecule has 0 heterocycles. The lowest BCUT2D eigenvalue weighted by Gasteiger charge is -2.03. The van der Waals surface area contributed by atoms with E-state index in [9.17, 15) is 0 Å². The van der Waals surface area contributed by atoms with Gasteiger partial charge in [-0.25, -0.2) is 0 Å². The van der Waals surface area contributed by atoms with Crippen molar-refractivity contribution in [1.82, 2.24) is 0 Å². The van der Waals surface area contributed by atoms with Crippen LogP contribution in [-0.4, -0.2) is 5.90 Å². The van der Waals surface area contributed by atoms with Crippen molar-refractivity contribution in [3.63, 3.8) is 0 Å². The molecule has 0 fully saturated rings. The molecule has 1 aromatic carbocycles. The number of nitrogens with one attached hydrogen (secondary N) is 1. The maximum absolute atomic E-state index is 7.06. The van der Waals surface area contributed by atoms with Crippen LogP contribution in [-0.2, 0) is 11.3 Å². The van der Waals surface area contributed by atoms with Crippen molar-refractivity contribution in [2.75, 3.05) is 0 Å². The third-order valence-corrected chi connectivity index (χ3v) is 1.58. The van der Waals surface area contributed by atoms with E-state index in [1.165, 1.54) is 5.56 Å². The Morgan fingerprint density at radius 3 is 2.42 bits per heavy atom. The molecule has 1 rings (SSSR count). The number of hydrogen-bond acceptors (Lipinski definition) is 2. The molecule has 0 radical (unpaired) electrons. The molecule has 2 nitrogen and oxygen atoms in total. The van der Waals surface area contributed by atoms with Gasteiger partial charge in [0.25, 0.3) is 0 Å². The van der Waals surface area contributed by atoms with E-state index in [1.54, 1.807) is 6.92 Å². The average molecular weight is 163 g/mol. The van der Waals surface area contributed by atoms with Crippen molar-refractivity contribution in [2.45, 2.75) is 20.5 Å². The van der Waals surface area contributed by atoms with E-state index >= 15 is 0 Å². The number of aryl methyl sites for hydroxylation is 1. The fraction of sp³-hybridized carbons (Fsp3) is 0.300. The van der Waals surface area contributed by atoms with Crippen molar-refractivity contribution in [3.05, 3.63) is 35.4 Å². The minimum Gasteiger partial charge on any atom is -0.477 e. The summed E-state index contributed by atoms with van der Waals surface area (Å²) in [5.41, 5.74) is 2.34. The highest BCUT2D eigenvalue weighted by Gasteiger charge is 1.92. The molecule has 0 saturated carbocycles. The molecular formula is C10H13NO. The van der Waals surface area contributed by atoms with Crippen molar-refractivity contribution >= 4 is 5.90 Å². The number of ether oxygens (including phenoxy) is 1. The summed E-state index contributed by atoms with van der Waals surface area (Å²) in [5.74, 6) is 0.260. The molecule has 1 N–H and O–H groups in total. The first-order valence-corrected chi connectivity index (χ1v) is 3.92. The molecule has 0 aliphatic rings. The van der Waals surface area contributed by atoms with Crippen molar-refractivity contribution in [3.8, 4) is 0 Å². The highest BCUT2D eigenvalue weighted by molar-refractivity contribution is 5.69. The minimum atomic E-state index is 0.260. The summed E-state index contributed by atoms with van der Waals surface area (Å²) >= 11 is 0. The topological polar surface area (TPSA) is 33.1 Å². The van der Waals surface area contributed by atoms with Gasteiger partial charge >= 0.3 is 0 Å². The highest BCUT2D eigenvalue weighted by atomic mass is 16.5. The zero-order valence-corrected chi connectivity index (χ0v) is 7.42. The summed E-state index contributed by atoms with van der Waals surface area (Å²) in [6.45, 7) is 4.18. The Kier molecular flexibility index (Phi) is 2.86. The largest absolute Gasteiger partial charge is 0.477 e. The summed E-state index contributed by atoms with van der Waals surface area (Å²) in [7, 11) is 0. The van der Waals surface area contributed by atoms with Gasteiger partial charge in [0.1, 0.15) is 6.61 Å². The first kappa shape index (κ1) is 8.78. The van der Waals surface area contributed by atoms with Crippen molar-refractivity contribution in [2.24, 2.45) is 0 Å². The molecular weight excluding hydrogens is 150 g/mol. The molecule has 0 saturated heterocycles. The Labute approximate surface area is 72.7 Å². The Morgan fingerprint density at radius 2 is 1.92 bits per heavy atom. The number of rotatable bonds is 2. The van der Waals surface area contributed by atoms with Crippen LogP contribution in [0.1, 0.15) is 18.1 Å². The summed E-state index contributed by atoms with van der Waals surface area (Å²) in [6, 6.07) is 8.10. The zero-order valence-electron chi connectivity index (χ0n) is 7.42. The predicted molar refractivity (Wildman–Crippen MR) is 49.4 cm³/mol. The van der Waals surface area contributed by atoms with Crippen LogP contribution in [0.4, 0.5) is 0 Å². The van der Waals surface area contributed by atoms with Crippen molar-refractivity contribution in [1.29, 1.82) is 5.41 Å². The van der Waals surface area contributed by atoms with Gasteiger partial charge in [-0.3, -0.25) is 5.41 Å². The smallest absolute Gasteiger partial charge is 0.177 e. The third kappa shape index (κ3) is 2.74. The van der Waals surface area contributed by atoms with Crippen LogP contribution in [0.25, 0.3) is 0 Å². The van der Waals surface area contributed by atoms with Gasteiger partial charge in [0.05, 0.1) is 0 Å². The number of benzene rings is 1. The molecule has 12 heavy (non-hydrogen) atoms. The van der Waals surface area contributed by atoms with Crippen LogP contribution in [0, 0.1) is 12.3 Å². The van der Waals surface area contributed by atoms with Gasteiger partial charge in [0, 0.05) is 6.92 Å². The second-order valence-corrected chi connectivity index (χ2v) is 2.83. The Morgan fingerprint density at radius 1 is 1.33 bits per heavy atom. The lowest BCUT2D eigenvalue weighted by atomic mass is 10.2. The van der Waals surface area contributed by atoms with E-state index < -0.39 is 0 Å². The maximum atomic E-state index is 7.06. The SMILES string of the molecule is CC(=N)OCc1ccc(C)cc1. The van der Waals surface area contributed by atoms with Crippen LogP contribution < -0.4 is 0 Å². The second-order valence-electron chi connectivity index (χ2n) is 2.83. The van der Waals surface area contributed by atoms with Gasteiger partial charge in [-0.15, -0.1) is 0 Å². The zero-order chi connectivity index (χ0) is 8.97. The summed E-state index contributed by atoms with van der Waals surface area (Å²) < 4.78 is 5.05. The van der Waals surface area contributed by atoms with E-state index in [1.807, 2.05) is 31.2 Å². The monoisotopic (exact) mass is 163 g/mol. The molecule has 1 aromatic rings. The first-order valence-electron chi connectivity index (χ1n) is 3.92. The van der Waals surface area contributed by atoms with Gasteiger partial charge in [0.2, 0.25) is 0 Å². The van der Waals surface area contributed by atoms with E-state index in [4.69, 9.17) is 10.1 Å². The Hall–Kier alpha value is -1.31. The molecule has 0 aliphatic carbocycles. The average Bonchev–Trinajstić information content (AvgIpc) is 2.03. The van der Waals surface area contributed by atoms with Crippen molar-refractivity contribution < 1.29 is 4.74 Å². The molecule has 0 aliphatic heterocycles.